The van der Waals surface area contributed by atoms with Crippen molar-refractivity contribution in [3.05, 3.63) is 38.8 Å². The third-order valence-electron chi connectivity index (χ3n) is 1.74. The first-order valence-electron chi connectivity index (χ1n) is 3.53. The van der Waals surface area contributed by atoms with Crippen LogP contribution in [0.3, 0.4) is 0 Å². The number of nitro groups is 1. The highest BCUT2D eigenvalue weighted by Crippen LogP contribution is 2.12. The van der Waals surface area contributed by atoms with Crippen molar-refractivity contribution in [2.24, 2.45) is 0 Å². The second kappa shape index (κ2) is 2.44. The maximum atomic E-state index is 11.1. The molecule has 0 aliphatic carbocycles. The Labute approximate surface area is 71.4 Å². The zero-order valence-electron chi connectivity index (χ0n) is 6.40. The van der Waals surface area contributed by atoms with Crippen LogP contribution in [0.5, 0.6) is 0 Å². The van der Waals surface area contributed by atoms with Crippen molar-refractivity contribution in [3.63, 3.8) is 0 Å². The summed E-state index contributed by atoms with van der Waals surface area (Å²) in [4.78, 5) is 25.8. The van der Waals surface area contributed by atoms with Crippen molar-refractivity contribution >= 4 is 16.7 Å². The van der Waals surface area contributed by atoms with E-state index in [-0.39, 0.29) is 0 Å². The van der Waals surface area contributed by atoms with Crippen molar-refractivity contribution in [1.82, 2.24) is 9.97 Å². The van der Waals surface area contributed by atoms with E-state index in [2.05, 4.69) is 9.97 Å². The summed E-state index contributed by atoms with van der Waals surface area (Å²) in [5.74, 6) is 0. The summed E-state index contributed by atoms with van der Waals surface area (Å²) in [7, 11) is 0. The molecule has 2 heterocycles. The molecule has 6 heteroatoms. The number of aromatic amines is 2. The number of H-pyrrole nitrogens is 2. The van der Waals surface area contributed by atoms with E-state index in [0.717, 1.165) is 0 Å². The molecule has 13 heavy (non-hydrogen) atoms. The lowest BCUT2D eigenvalue weighted by Crippen LogP contribution is -2.10. The van der Waals surface area contributed by atoms with E-state index in [4.69, 9.17) is 0 Å². The van der Waals surface area contributed by atoms with Crippen LogP contribution in [0.1, 0.15) is 0 Å². The molecule has 0 bridgehead atoms. The minimum Gasteiger partial charge on any atom is -0.348 e. The third kappa shape index (κ3) is 1.08. The van der Waals surface area contributed by atoms with Crippen LogP contribution in [0.25, 0.3) is 11.0 Å². The van der Waals surface area contributed by atoms with Crippen molar-refractivity contribution in [2.45, 2.75) is 0 Å². The maximum absolute atomic E-state index is 11.1. The summed E-state index contributed by atoms with van der Waals surface area (Å²) >= 11 is 0. The largest absolute Gasteiger partial charge is 0.348 e. The van der Waals surface area contributed by atoms with Gasteiger partial charge in [0.05, 0.1) is 4.92 Å². The van der Waals surface area contributed by atoms with Crippen LogP contribution >= 0.6 is 0 Å². The van der Waals surface area contributed by atoms with Gasteiger partial charge in [-0.1, -0.05) is 0 Å². The molecule has 0 saturated heterocycles. The van der Waals surface area contributed by atoms with Crippen molar-refractivity contribution in [2.75, 3.05) is 0 Å². The van der Waals surface area contributed by atoms with Gasteiger partial charge in [-0.2, -0.15) is 0 Å². The molecule has 0 fully saturated rings. The fraction of sp³-hybridized carbons (Fsp3) is 0. The fourth-order valence-corrected chi connectivity index (χ4v) is 1.14. The number of aromatic nitrogens is 2. The molecular formula is C7H5N3O3. The van der Waals surface area contributed by atoms with Crippen LogP contribution in [0, 0.1) is 10.1 Å². The SMILES string of the molecule is O=c1[nH]c2[nH]ccc2cc1[N+](=O)[O-]. The molecular weight excluding hydrogens is 174 g/mol. The molecule has 0 unspecified atom stereocenters. The van der Waals surface area contributed by atoms with Gasteiger partial charge in [-0.05, 0) is 6.07 Å². The lowest BCUT2D eigenvalue weighted by atomic mass is 10.3. The zero-order valence-corrected chi connectivity index (χ0v) is 6.40. The number of hydrogen-bond donors (Lipinski definition) is 2. The highest BCUT2D eigenvalue weighted by atomic mass is 16.6. The maximum Gasteiger partial charge on any atom is 0.334 e. The van der Waals surface area contributed by atoms with Gasteiger partial charge in [0, 0.05) is 17.6 Å². The quantitative estimate of drug-likeness (QED) is 0.500. The van der Waals surface area contributed by atoms with Crippen molar-refractivity contribution in [1.29, 1.82) is 0 Å². The Bertz CT molecular complexity index is 525. The topological polar surface area (TPSA) is 91.8 Å². The molecule has 0 radical (unpaired) electrons. The summed E-state index contributed by atoms with van der Waals surface area (Å²) < 4.78 is 0. The number of rotatable bonds is 1. The van der Waals surface area contributed by atoms with E-state index in [0.29, 0.717) is 11.0 Å². The molecule has 0 amide bonds. The minimum absolute atomic E-state index is 0.438. The van der Waals surface area contributed by atoms with E-state index in [1.165, 1.54) is 6.07 Å². The molecule has 6 nitrogen and oxygen atoms in total. The lowest BCUT2D eigenvalue weighted by molar-refractivity contribution is -0.386. The normalized spacial score (nSPS) is 10.5. The number of hydrogen-bond acceptors (Lipinski definition) is 3. The van der Waals surface area contributed by atoms with Gasteiger partial charge in [0.25, 0.3) is 0 Å². The fourth-order valence-electron chi connectivity index (χ4n) is 1.14. The van der Waals surface area contributed by atoms with E-state index in [1.807, 2.05) is 0 Å². The first kappa shape index (κ1) is 7.53. The Morgan fingerprint density at radius 2 is 2.23 bits per heavy atom. The number of nitrogens with one attached hydrogen (secondary N) is 2. The van der Waals surface area contributed by atoms with E-state index in [9.17, 15) is 14.9 Å². The molecule has 0 aliphatic rings. The van der Waals surface area contributed by atoms with Gasteiger partial charge in [0.15, 0.2) is 0 Å². The molecule has 2 rings (SSSR count). The van der Waals surface area contributed by atoms with Gasteiger partial charge >= 0.3 is 11.2 Å². The molecule has 2 aromatic rings. The van der Waals surface area contributed by atoms with Gasteiger partial charge in [-0.15, -0.1) is 0 Å². The summed E-state index contributed by atoms with van der Waals surface area (Å²) in [5, 5.41) is 11.0. The van der Waals surface area contributed by atoms with Gasteiger partial charge in [0.2, 0.25) is 0 Å². The Balaban J connectivity index is 2.84. The van der Waals surface area contributed by atoms with Gasteiger partial charge in [-0.3, -0.25) is 14.9 Å². The highest BCUT2D eigenvalue weighted by Gasteiger charge is 2.12. The first-order valence-corrected chi connectivity index (χ1v) is 3.53. The second-order valence-electron chi connectivity index (χ2n) is 2.55. The molecule has 0 aromatic carbocycles. The van der Waals surface area contributed by atoms with Gasteiger partial charge in [0.1, 0.15) is 5.65 Å². The van der Waals surface area contributed by atoms with E-state index in [1.54, 1.807) is 12.3 Å². The van der Waals surface area contributed by atoms with Crippen LogP contribution in [0.15, 0.2) is 23.1 Å². The first-order chi connectivity index (χ1) is 6.18. The van der Waals surface area contributed by atoms with Crippen LogP contribution in [-0.4, -0.2) is 14.9 Å². The van der Waals surface area contributed by atoms with E-state index < -0.39 is 16.2 Å². The predicted molar refractivity (Wildman–Crippen MR) is 45.6 cm³/mol. The molecule has 66 valence electrons. The van der Waals surface area contributed by atoms with Gasteiger partial charge in [-0.25, -0.2) is 0 Å². The Morgan fingerprint density at radius 3 is 2.92 bits per heavy atom. The molecule has 0 saturated carbocycles. The van der Waals surface area contributed by atoms with Crippen LogP contribution in [0.2, 0.25) is 0 Å². The predicted octanol–water partition coefficient (Wildman–Crippen LogP) is 0.764. The smallest absolute Gasteiger partial charge is 0.334 e. The molecule has 2 aromatic heterocycles. The van der Waals surface area contributed by atoms with E-state index >= 15 is 0 Å². The molecule has 0 spiro atoms. The monoisotopic (exact) mass is 179 g/mol. The Morgan fingerprint density at radius 1 is 1.46 bits per heavy atom. The summed E-state index contributed by atoms with van der Waals surface area (Å²) in [5.41, 5.74) is -0.636. The van der Waals surface area contributed by atoms with Crippen molar-refractivity contribution in [3.8, 4) is 0 Å². The van der Waals surface area contributed by atoms with Crippen LogP contribution < -0.4 is 5.56 Å². The number of pyridine rings is 1. The molecule has 0 aliphatic heterocycles. The number of nitrogens with zero attached hydrogens (tertiary/aromatic N) is 1. The highest BCUT2D eigenvalue weighted by molar-refractivity contribution is 5.77. The average Bonchev–Trinajstić information content (AvgIpc) is 2.48. The number of fused-ring (bicyclic) bond motifs is 1. The zero-order chi connectivity index (χ0) is 9.42. The lowest BCUT2D eigenvalue weighted by Gasteiger charge is -1.90. The second-order valence-corrected chi connectivity index (χ2v) is 2.55. The summed E-state index contributed by atoms with van der Waals surface area (Å²) in [6.07, 6.45) is 1.60. The summed E-state index contributed by atoms with van der Waals surface area (Å²) in [6, 6.07) is 2.89. The average molecular weight is 179 g/mol. The molecule has 0 atom stereocenters. The summed E-state index contributed by atoms with van der Waals surface area (Å²) in [6.45, 7) is 0. The Kier molecular flexibility index (Phi) is 1.42. The standard InChI is InChI=1S/C7H5N3O3/c11-7-5(10(12)13)3-4-1-2-8-6(4)9-7/h1-3H,(H2,8,9,11). The van der Waals surface area contributed by atoms with Crippen molar-refractivity contribution < 1.29 is 4.92 Å². The third-order valence-corrected chi connectivity index (χ3v) is 1.74. The Hall–Kier alpha value is -2.11. The minimum atomic E-state index is -0.703. The van der Waals surface area contributed by atoms with Crippen LogP contribution in [-0.2, 0) is 0 Å². The van der Waals surface area contributed by atoms with Crippen LogP contribution in [0.4, 0.5) is 5.69 Å². The molecule has 2 N–H and O–H groups in total. The van der Waals surface area contributed by atoms with Gasteiger partial charge < -0.3 is 9.97 Å².